The first-order chi connectivity index (χ1) is 11.1. The molecule has 4 nitrogen and oxygen atoms in total. The number of aromatic amines is 1. The van der Waals surface area contributed by atoms with E-state index in [1.807, 2.05) is 24.5 Å². The third-order valence-corrected chi connectivity index (χ3v) is 5.13. The Kier molecular flexibility index (Phi) is 4.57. The van der Waals surface area contributed by atoms with E-state index in [-0.39, 0.29) is 0 Å². The predicted octanol–water partition coefficient (Wildman–Crippen LogP) is 3.13. The number of rotatable bonds is 6. The van der Waals surface area contributed by atoms with Crippen molar-refractivity contribution >= 4 is 17.0 Å². The third kappa shape index (κ3) is 2.93. The van der Waals surface area contributed by atoms with Crippen LogP contribution in [0.4, 0.5) is 0 Å². The van der Waals surface area contributed by atoms with Gasteiger partial charge in [0.25, 0.3) is 0 Å². The summed E-state index contributed by atoms with van der Waals surface area (Å²) in [7, 11) is -0.767. The zero-order chi connectivity index (χ0) is 16.3. The maximum atomic E-state index is 11.4. The predicted molar refractivity (Wildman–Crippen MR) is 95.3 cm³/mol. The lowest BCUT2D eigenvalue weighted by Gasteiger charge is -2.30. The van der Waals surface area contributed by atoms with Crippen LogP contribution in [0.2, 0.25) is 0 Å². The van der Waals surface area contributed by atoms with E-state index >= 15 is 0 Å². The van der Waals surface area contributed by atoms with Gasteiger partial charge in [-0.15, -0.1) is 0 Å². The second-order valence-electron chi connectivity index (χ2n) is 5.81. The van der Waals surface area contributed by atoms with Crippen LogP contribution in [0.3, 0.4) is 0 Å². The number of imidazole rings is 1. The number of hydrogen-bond donors (Lipinski definition) is 1. The molecule has 1 aromatic heterocycles. The number of aryl methyl sites for hydroxylation is 1. The number of aromatic nitrogens is 2. The molecule has 120 valence electrons. The molecule has 2 aromatic rings. The Labute approximate surface area is 139 Å². The summed E-state index contributed by atoms with van der Waals surface area (Å²) in [5, 5.41) is 0. The summed E-state index contributed by atoms with van der Waals surface area (Å²) in [6.07, 6.45) is 11.0. The van der Waals surface area contributed by atoms with E-state index in [2.05, 4.69) is 35.1 Å². The first-order valence-corrected chi connectivity index (χ1v) is 9.48. The van der Waals surface area contributed by atoms with E-state index in [1.165, 1.54) is 11.1 Å². The number of nitrogens with one attached hydrogen (secondary N) is 1. The summed E-state index contributed by atoms with van der Waals surface area (Å²) in [6.45, 7) is 2.10. The van der Waals surface area contributed by atoms with Crippen LogP contribution in [0.15, 0.2) is 53.3 Å². The maximum Gasteiger partial charge on any atom is 0.165 e. The summed E-state index contributed by atoms with van der Waals surface area (Å²) in [4.78, 5) is 12.6. The van der Waals surface area contributed by atoms with Gasteiger partial charge in [0.2, 0.25) is 0 Å². The quantitative estimate of drug-likeness (QED) is 0.886. The molecular formula is C18H21N3OS. The maximum absolute atomic E-state index is 11.4. The van der Waals surface area contributed by atoms with E-state index in [0.717, 1.165) is 24.2 Å². The van der Waals surface area contributed by atoms with E-state index in [0.29, 0.717) is 5.75 Å². The second kappa shape index (κ2) is 6.62. The van der Waals surface area contributed by atoms with Crippen LogP contribution in [0.5, 0.6) is 0 Å². The molecule has 0 radical (unpaired) electrons. The fourth-order valence-corrected chi connectivity index (χ4v) is 3.75. The lowest BCUT2D eigenvalue weighted by Crippen LogP contribution is -2.29. The Bertz CT molecular complexity index is 764. The van der Waals surface area contributed by atoms with Crippen LogP contribution < -0.4 is 0 Å². The molecule has 2 unspecified atom stereocenters. The molecule has 0 saturated carbocycles. The fourth-order valence-electron chi connectivity index (χ4n) is 3.20. The zero-order valence-corrected chi connectivity index (χ0v) is 14.3. The first kappa shape index (κ1) is 15.9. The molecule has 0 amide bonds. The summed E-state index contributed by atoms with van der Waals surface area (Å²) in [6, 6.07) is 8.30. The van der Waals surface area contributed by atoms with Crippen molar-refractivity contribution < 1.29 is 4.21 Å². The minimum absolute atomic E-state index is 0.579. The number of benzene rings is 1. The van der Waals surface area contributed by atoms with Gasteiger partial charge in [-0.2, -0.15) is 0 Å². The molecule has 1 aromatic carbocycles. The van der Waals surface area contributed by atoms with Gasteiger partial charge in [-0.05, 0) is 42.5 Å². The van der Waals surface area contributed by atoms with Gasteiger partial charge >= 0.3 is 0 Å². The number of allylic oxidation sites excluding steroid dienone is 1. The molecule has 1 aliphatic heterocycles. The smallest absolute Gasteiger partial charge is 0.165 e. The van der Waals surface area contributed by atoms with Crippen molar-refractivity contribution in [3.8, 4) is 0 Å². The highest BCUT2D eigenvalue weighted by Gasteiger charge is 2.42. The summed E-state index contributed by atoms with van der Waals surface area (Å²) in [5.74, 6) is 1.55. The third-order valence-electron chi connectivity index (χ3n) is 4.26. The van der Waals surface area contributed by atoms with E-state index in [9.17, 15) is 4.21 Å². The Morgan fingerprint density at radius 1 is 1.30 bits per heavy atom. The molecule has 1 N–H and O–H groups in total. The number of H-pyrrole nitrogens is 1. The van der Waals surface area contributed by atoms with Gasteiger partial charge in [0.1, 0.15) is 5.82 Å². The van der Waals surface area contributed by atoms with Gasteiger partial charge < -0.3 is 4.98 Å². The van der Waals surface area contributed by atoms with Crippen LogP contribution in [0, 0.1) is 6.92 Å². The molecule has 1 aliphatic rings. The van der Waals surface area contributed by atoms with Gasteiger partial charge in [-0.3, -0.25) is 9.20 Å². The van der Waals surface area contributed by atoms with Gasteiger partial charge in [-0.25, -0.2) is 4.98 Å². The van der Waals surface area contributed by atoms with Crippen molar-refractivity contribution in [3.05, 3.63) is 65.3 Å². The van der Waals surface area contributed by atoms with Crippen LogP contribution in [-0.4, -0.2) is 32.4 Å². The van der Waals surface area contributed by atoms with Crippen LogP contribution in [0.25, 0.3) is 0 Å². The Morgan fingerprint density at radius 2 is 2.13 bits per heavy atom. The van der Waals surface area contributed by atoms with Crippen molar-refractivity contribution in [2.24, 2.45) is 4.99 Å². The van der Waals surface area contributed by atoms with E-state index in [4.69, 9.17) is 4.99 Å². The van der Waals surface area contributed by atoms with Crippen LogP contribution >= 0.6 is 0 Å². The molecular weight excluding hydrogens is 306 g/mol. The largest absolute Gasteiger partial charge is 0.346 e. The SMILES string of the molecule is Cc1ccccc1C1(c2ncc[nH]2)N=CC=C1CCCS(C)=O. The summed E-state index contributed by atoms with van der Waals surface area (Å²) >= 11 is 0. The Hall–Kier alpha value is -2.01. The number of aliphatic imine (C=N–C) groups is 1. The van der Waals surface area contributed by atoms with Crippen molar-refractivity contribution in [2.45, 2.75) is 25.3 Å². The molecule has 2 heterocycles. The Morgan fingerprint density at radius 3 is 2.83 bits per heavy atom. The van der Waals surface area contributed by atoms with Crippen molar-refractivity contribution in [1.82, 2.24) is 9.97 Å². The standard InChI is InChI=1S/C18H21N3OS/c1-14-6-3-4-8-16(14)18(17-19-11-12-20-17)15(9-10-21-18)7-5-13-23(2)22/h3-4,6,8-12H,5,7,13H2,1-2H3,(H,19,20). The highest BCUT2D eigenvalue weighted by Crippen LogP contribution is 2.44. The van der Waals surface area contributed by atoms with Crippen molar-refractivity contribution in [3.63, 3.8) is 0 Å². The van der Waals surface area contributed by atoms with Gasteiger partial charge in [0.15, 0.2) is 5.54 Å². The molecule has 0 saturated heterocycles. The molecule has 0 aliphatic carbocycles. The average molecular weight is 327 g/mol. The molecule has 0 spiro atoms. The fraction of sp³-hybridized carbons (Fsp3) is 0.333. The molecule has 5 heteroatoms. The summed E-state index contributed by atoms with van der Waals surface area (Å²) in [5.41, 5.74) is 2.96. The highest BCUT2D eigenvalue weighted by atomic mass is 32.2. The van der Waals surface area contributed by atoms with Gasteiger partial charge in [-0.1, -0.05) is 24.3 Å². The van der Waals surface area contributed by atoms with E-state index in [1.54, 1.807) is 12.5 Å². The van der Waals surface area contributed by atoms with Crippen molar-refractivity contribution in [1.29, 1.82) is 0 Å². The zero-order valence-electron chi connectivity index (χ0n) is 13.5. The number of nitrogens with zero attached hydrogens (tertiary/aromatic N) is 2. The average Bonchev–Trinajstić information content (AvgIpc) is 3.17. The van der Waals surface area contributed by atoms with Crippen molar-refractivity contribution in [2.75, 3.05) is 12.0 Å². The minimum Gasteiger partial charge on any atom is -0.346 e. The molecule has 2 atom stereocenters. The first-order valence-electron chi connectivity index (χ1n) is 7.75. The number of hydrogen-bond acceptors (Lipinski definition) is 3. The van der Waals surface area contributed by atoms with Crippen LogP contribution in [0.1, 0.15) is 29.8 Å². The molecule has 3 rings (SSSR count). The Balaban J connectivity index is 2.03. The lowest BCUT2D eigenvalue weighted by atomic mass is 9.79. The van der Waals surface area contributed by atoms with Crippen LogP contribution in [-0.2, 0) is 16.3 Å². The monoisotopic (exact) mass is 327 g/mol. The van der Waals surface area contributed by atoms with Gasteiger partial charge in [0, 0.05) is 41.4 Å². The summed E-state index contributed by atoms with van der Waals surface area (Å²) < 4.78 is 11.4. The molecule has 23 heavy (non-hydrogen) atoms. The van der Waals surface area contributed by atoms with E-state index < -0.39 is 16.3 Å². The normalized spacial score (nSPS) is 21.4. The van der Waals surface area contributed by atoms with Gasteiger partial charge in [0.05, 0.1) is 0 Å². The molecule has 0 bridgehead atoms. The minimum atomic E-state index is -0.767. The lowest BCUT2D eigenvalue weighted by molar-refractivity contribution is 0.579. The molecule has 0 fully saturated rings. The topological polar surface area (TPSA) is 58.1 Å². The highest BCUT2D eigenvalue weighted by molar-refractivity contribution is 7.84. The second-order valence-corrected chi connectivity index (χ2v) is 7.37.